The Balaban J connectivity index is 2.66. The van der Waals surface area contributed by atoms with Crippen molar-refractivity contribution in [2.24, 2.45) is 0 Å². The van der Waals surface area contributed by atoms with Gasteiger partial charge < -0.3 is 10.4 Å². The lowest BCUT2D eigenvalue weighted by molar-refractivity contribution is -0.115. The van der Waals surface area contributed by atoms with E-state index >= 15 is 0 Å². The van der Waals surface area contributed by atoms with E-state index in [0.29, 0.717) is 12.1 Å². The van der Waals surface area contributed by atoms with Crippen LogP contribution in [0.2, 0.25) is 0 Å². The molecular formula is C10H11NO2. The molecule has 0 atom stereocenters. The summed E-state index contributed by atoms with van der Waals surface area (Å²) in [6, 6.07) is 1.95. The van der Waals surface area contributed by atoms with Crippen LogP contribution in [-0.4, -0.2) is 11.0 Å². The number of aromatic hydroxyl groups is 1. The van der Waals surface area contributed by atoms with Gasteiger partial charge >= 0.3 is 0 Å². The number of carbonyl (C=O) groups is 1. The molecule has 0 aromatic heterocycles. The minimum absolute atomic E-state index is 0.0460. The third-order valence-electron chi connectivity index (χ3n) is 2.51. The average molecular weight is 177 g/mol. The van der Waals surface area contributed by atoms with Crippen molar-refractivity contribution in [1.29, 1.82) is 0 Å². The topological polar surface area (TPSA) is 49.3 Å². The van der Waals surface area contributed by atoms with Crippen LogP contribution < -0.4 is 5.32 Å². The van der Waals surface area contributed by atoms with Gasteiger partial charge in [0, 0.05) is 0 Å². The monoisotopic (exact) mass is 177 g/mol. The predicted octanol–water partition coefficient (Wildman–Crippen LogP) is 1.50. The van der Waals surface area contributed by atoms with E-state index < -0.39 is 0 Å². The van der Waals surface area contributed by atoms with Gasteiger partial charge in [-0.15, -0.1) is 0 Å². The molecule has 68 valence electrons. The molecule has 0 fully saturated rings. The fraction of sp³-hybridized carbons (Fsp3) is 0.300. The fourth-order valence-corrected chi connectivity index (χ4v) is 1.60. The Morgan fingerprint density at radius 2 is 2.15 bits per heavy atom. The quantitative estimate of drug-likeness (QED) is 0.590. The number of anilines is 1. The van der Waals surface area contributed by atoms with Crippen LogP contribution in [0.25, 0.3) is 0 Å². The van der Waals surface area contributed by atoms with E-state index in [4.69, 9.17) is 0 Å². The summed E-state index contributed by atoms with van der Waals surface area (Å²) in [7, 11) is 0. The molecule has 0 bridgehead atoms. The van der Waals surface area contributed by atoms with Crippen molar-refractivity contribution in [3.05, 3.63) is 22.8 Å². The number of nitrogens with one attached hydrogen (secondary N) is 1. The Kier molecular flexibility index (Phi) is 1.55. The lowest BCUT2D eigenvalue weighted by atomic mass is 10.0. The van der Waals surface area contributed by atoms with E-state index in [1.54, 1.807) is 0 Å². The van der Waals surface area contributed by atoms with Gasteiger partial charge in [-0.2, -0.15) is 0 Å². The molecule has 1 heterocycles. The molecule has 0 aliphatic carbocycles. The maximum absolute atomic E-state index is 11.1. The van der Waals surface area contributed by atoms with Crippen molar-refractivity contribution in [2.45, 2.75) is 20.3 Å². The van der Waals surface area contributed by atoms with Crippen molar-refractivity contribution < 1.29 is 9.90 Å². The Morgan fingerprint density at radius 1 is 1.46 bits per heavy atom. The summed E-state index contributed by atoms with van der Waals surface area (Å²) >= 11 is 0. The molecule has 0 saturated carbocycles. The highest BCUT2D eigenvalue weighted by molar-refractivity contribution is 6.01. The summed E-state index contributed by atoms with van der Waals surface area (Å²) in [5, 5.41) is 12.3. The second kappa shape index (κ2) is 2.49. The number of benzene rings is 1. The molecule has 3 nitrogen and oxygen atoms in total. The van der Waals surface area contributed by atoms with Crippen LogP contribution in [0, 0.1) is 13.8 Å². The van der Waals surface area contributed by atoms with E-state index in [0.717, 1.165) is 16.7 Å². The largest absolute Gasteiger partial charge is 0.505 e. The molecule has 0 spiro atoms. The van der Waals surface area contributed by atoms with E-state index in [1.165, 1.54) is 0 Å². The predicted molar refractivity (Wildman–Crippen MR) is 49.9 cm³/mol. The number of phenolic OH excluding ortho intramolecular Hbond substituents is 1. The molecule has 1 aliphatic rings. The van der Waals surface area contributed by atoms with Gasteiger partial charge in [0.1, 0.15) is 5.75 Å². The van der Waals surface area contributed by atoms with Crippen LogP contribution in [0.15, 0.2) is 6.07 Å². The van der Waals surface area contributed by atoms with Crippen LogP contribution >= 0.6 is 0 Å². The second-order valence-corrected chi connectivity index (χ2v) is 3.43. The number of fused-ring (bicyclic) bond motifs is 1. The molecular weight excluding hydrogens is 166 g/mol. The van der Waals surface area contributed by atoms with Crippen molar-refractivity contribution >= 4 is 11.6 Å². The number of aryl methyl sites for hydroxylation is 1. The van der Waals surface area contributed by atoms with Gasteiger partial charge in [-0.05, 0) is 30.5 Å². The number of phenols is 1. The average Bonchev–Trinajstić information content (AvgIpc) is 2.42. The molecule has 2 rings (SSSR count). The third kappa shape index (κ3) is 1.08. The van der Waals surface area contributed by atoms with Gasteiger partial charge in [-0.3, -0.25) is 4.79 Å². The summed E-state index contributed by atoms with van der Waals surface area (Å²) in [5.74, 6) is 0.163. The molecule has 13 heavy (non-hydrogen) atoms. The van der Waals surface area contributed by atoms with Crippen LogP contribution in [0.1, 0.15) is 16.7 Å². The Morgan fingerprint density at radius 3 is 2.85 bits per heavy atom. The smallest absolute Gasteiger partial charge is 0.228 e. The lowest BCUT2D eigenvalue weighted by Gasteiger charge is -2.08. The molecule has 3 heteroatoms. The molecule has 0 radical (unpaired) electrons. The van der Waals surface area contributed by atoms with E-state index in [1.807, 2.05) is 19.9 Å². The minimum atomic E-state index is -0.0460. The number of carbonyl (C=O) groups excluding carboxylic acids is 1. The molecule has 2 N–H and O–H groups in total. The number of hydrogen-bond acceptors (Lipinski definition) is 2. The summed E-state index contributed by atoms with van der Waals surface area (Å²) in [4.78, 5) is 11.1. The van der Waals surface area contributed by atoms with Gasteiger partial charge in [0.2, 0.25) is 5.91 Å². The van der Waals surface area contributed by atoms with Gasteiger partial charge in [0.15, 0.2) is 0 Å². The summed E-state index contributed by atoms with van der Waals surface area (Å²) in [6.07, 6.45) is 0.379. The van der Waals surface area contributed by atoms with Crippen molar-refractivity contribution in [1.82, 2.24) is 0 Å². The van der Waals surface area contributed by atoms with E-state index in [2.05, 4.69) is 5.32 Å². The zero-order valence-electron chi connectivity index (χ0n) is 7.64. The zero-order valence-corrected chi connectivity index (χ0v) is 7.64. The third-order valence-corrected chi connectivity index (χ3v) is 2.51. The standard InChI is InChI=1S/C10H11NO2/c1-5-3-7-4-8(12)11-9(7)10(13)6(5)2/h3,13H,4H2,1-2H3,(H,11,12). The lowest BCUT2D eigenvalue weighted by Crippen LogP contribution is -2.03. The molecule has 0 saturated heterocycles. The molecule has 1 amide bonds. The Labute approximate surface area is 76.4 Å². The zero-order chi connectivity index (χ0) is 9.59. The first kappa shape index (κ1) is 8.10. The normalized spacial score (nSPS) is 14.2. The van der Waals surface area contributed by atoms with Crippen LogP contribution in [-0.2, 0) is 11.2 Å². The highest BCUT2D eigenvalue weighted by Gasteiger charge is 2.22. The highest BCUT2D eigenvalue weighted by atomic mass is 16.3. The molecule has 1 aliphatic heterocycles. The van der Waals surface area contributed by atoms with Crippen molar-refractivity contribution in [2.75, 3.05) is 5.32 Å². The number of rotatable bonds is 0. The van der Waals surface area contributed by atoms with Gasteiger partial charge in [0.05, 0.1) is 12.1 Å². The molecule has 1 aromatic rings. The first-order valence-electron chi connectivity index (χ1n) is 4.21. The Hall–Kier alpha value is -1.51. The molecule has 1 aromatic carbocycles. The number of amides is 1. The summed E-state index contributed by atoms with van der Waals surface area (Å²) < 4.78 is 0. The van der Waals surface area contributed by atoms with Crippen LogP contribution in [0.5, 0.6) is 5.75 Å². The van der Waals surface area contributed by atoms with Crippen molar-refractivity contribution in [3.8, 4) is 5.75 Å². The maximum Gasteiger partial charge on any atom is 0.228 e. The van der Waals surface area contributed by atoms with Gasteiger partial charge in [-0.25, -0.2) is 0 Å². The Bertz CT molecular complexity index is 396. The van der Waals surface area contributed by atoms with Gasteiger partial charge in [-0.1, -0.05) is 6.07 Å². The van der Waals surface area contributed by atoms with E-state index in [-0.39, 0.29) is 11.7 Å². The van der Waals surface area contributed by atoms with E-state index in [9.17, 15) is 9.90 Å². The number of hydrogen-bond donors (Lipinski definition) is 2. The maximum atomic E-state index is 11.1. The minimum Gasteiger partial charge on any atom is -0.505 e. The highest BCUT2D eigenvalue weighted by Crippen LogP contribution is 2.36. The van der Waals surface area contributed by atoms with Crippen LogP contribution in [0.4, 0.5) is 5.69 Å². The first-order valence-corrected chi connectivity index (χ1v) is 4.21. The first-order chi connectivity index (χ1) is 6.09. The SMILES string of the molecule is Cc1cc2c(c(O)c1C)NC(=O)C2. The van der Waals surface area contributed by atoms with Crippen LogP contribution in [0.3, 0.4) is 0 Å². The fourth-order valence-electron chi connectivity index (χ4n) is 1.60. The summed E-state index contributed by atoms with van der Waals surface area (Å²) in [6.45, 7) is 3.77. The summed E-state index contributed by atoms with van der Waals surface area (Å²) in [5.41, 5.74) is 3.34. The van der Waals surface area contributed by atoms with Gasteiger partial charge in [0.25, 0.3) is 0 Å². The van der Waals surface area contributed by atoms with Crippen molar-refractivity contribution in [3.63, 3.8) is 0 Å². The second-order valence-electron chi connectivity index (χ2n) is 3.43. The molecule has 0 unspecified atom stereocenters.